The molecule has 1 aromatic carbocycles. The molecular weight excluding hydrogens is 461 g/mol. The summed E-state index contributed by atoms with van der Waals surface area (Å²) < 4.78 is 32.2. The maximum Gasteiger partial charge on any atom is 0.297 e. The molecule has 0 bridgehead atoms. The molecule has 3 saturated heterocycles. The minimum atomic E-state index is -0.673. The third-order valence-electron chi connectivity index (χ3n) is 9.06. The predicted octanol–water partition coefficient (Wildman–Crippen LogP) is 4.22. The van der Waals surface area contributed by atoms with Gasteiger partial charge in [0.2, 0.25) is 0 Å². The molecule has 0 radical (unpaired) electrons. The predicted molar refractivity (Wildman–Crippen MR) is 134 cm³/mol. The molecule has 8 heteroatoms. The average molecular weight is 500 g/mol. The van der Waals surface area contributed by atoms with Crippen molar-refractivity contribution in [2.75, 3.05) is 37.7 Å². The van der Waals surface area contributed by atoms with Crippen LogP contribution in [0.1, 0.15) is 57.4 Å². The van der Waals surface area contributed by atoms with E-state index in [1.54, 1.807) is 24.6 Å². The quantitative estimate of drug-likeness (QED) is 0.638. The van der Waals surface area contributed by atoms with E-state index < -0.39 is 5.60 Å². The van der Waals surface area contributed by atoms with Gasteiger partial charge in [-0.05, 0) is 89.1 Å². The number of ether oxygens (including phenoxy) is 2. The van der Waals surface area contributed by atoms with E-state index in [1.807, 2.05) is 13.8 Å². The first-order chi connectivity index (χ1) is 17.3. The second-order valence-corrected chi connectivity index (χ2v) is 11.8. The highest BCUT2D eigenvalue weighted by atomic mass is 19.1. The fraction of sp³-hybridized carbons (Fsp3) is 0.679. The summed E-state index contributed by atoms with van der Waals surface area (Å²) in [7, 11) is 0. The van der Waals surface area contributed by atoms with Gasteiger partial charge in [0.15, 0.2) is 0 Å². The first-order valence-corrected chi connectivity index (χ1v) is 13.5. The van der Waals surface area contributed by atoms with Crippen LogP contribution < -0.4 is 9.64 Å². The molecule has 3 atom stereocenters. The van der Waals surface area contributed by atoms with Crippen LogP contribution in [0.5, 0.6) is 5.75 Å². The summed E-state index contributed by atoms with van der Waals surface area (Å²) in [5.74, 6) is 1.76. The first-order valence-electron chi connectivity index (χ1n) is 13.5. The van der Waals surface area contributed by atoms with Crippen molar-refractivity contribution in [3.05, 3.63) is 42.0 Å². The van der Waals surface area contributed by atoms with E-state index in [-0.39, 0.29) is 17.8 Å². The van der Waals surface area contributed by atoms with Crippen molar-refractivity contribution >= 4 is 6.01 Å². The average Bonchev–Trinajstić information content (AvgIpc) is 3.28. The van der Waals surface area contributed by atoms with Crippen LogP contribution in [0.3, 0.4) is 0 Å². The third kappa shape index (κ3) is 4.75. The molecule has 6 rings (SSSR count). The number of hydrogen-bond acceptors (Lipinski definition) is 7. The molecule has 36 heavy (non-hydrogen) atoms. The van der Waals surface area contributed by atoms with E-state index in [0.717, 1.165) is 76.3 Å². The van der Waals surface area contributed by atoms with Crippen LogP contribution in [0.2, 0.25) is 0 Å². The number of rotatable bonds is 6. The van der Waals surface area contributed by atoms with Crippen LogP contribution in [0.4, 0.5) is 10.4 Å². The van der Waals surface area contributed by atoms with Crippen LogP contribution in [0.25, 0.3) is 0 Å². The number of likely N-dealkylation sites (tertiary alicyclic amines) is 1. The van der Waals surface area contributed by atoms with Gasteiger partial charge in [-0.15, -0.1) is 0 Å². The Balaban J connectivity index is 1.05. The summed E-state index contributed by atoms with van der Waals surface area (Å²) in [6, 6.07) is 6.44. The summed E-state index contributed by atoms with van der Waals surface area (Å²) in [6.45, 7) is 8.15. The molecule has 1 saturated carbocycles. The Hall–Kier alpha value is -2.16. The molecule has 2 aromatic rings. The zero-order chi connectivity index (χ0) is 24.9. The Kier molecular flexibility index (Phi) is 6.46. The summed E-state index contributed by atoms with van der Waals surface area (Å²) in [4.78, 5) is 9.10. The number of piperidine rings is 1. The van der Waals surface area contributed by atoms with E-state index in [4.69, 9.17) is 13.9 Å². The number of nitrogens with zero attached hydrogens (tertiary/aromatic N) is 3. The number of fused-ring (bicyclic) bond motifs is 1. The van der Waals surface area contributed by atoms with Crippen LogP contribution >= 0.6 is 0 Å². The van der Waals surface area contributed by atoms with E-state index >= 15 is 0 Å². The number of aromatic nitrogens is 1. The Morgan fingerprint density at radius 3 is 2.67 bits per heavy atom. The monoisotopic (exact) mass is 499 g/mol. The summed E-state index contributed by atoms with van der Waals surface area (Å²) in [5.41, 5.74) is 0.326. The Bertz CT molecular complexity index is 1030. The highest BCUT2D eigenvalue weighted by Crippen LogP contribution is 2.42. The van der Waals surface area contributed by atoms with Crippen molar-refractivity contribution in [1.82, 2.24) is 9.88 Å². The Morgan fingerprint density at radius 2 is 1.94 bits per heavy atom. The van der Waals surface area contributed by atoms with Crippen molar-refractivity contribution in [3.8, 4) is 5.75 Å². The number of aliphatic hydroxyl groups is 1. The number of halogens is 1. The second kappa shape index (κ2) is 9.62. The van der Waals surface area contributed by atoms with Gasteiger partial charge >= 0.3 is 0 Å². The van der Waals surface area contributed by atoms with Gasteiger partial charge in [0, 0.05) is 24.1 Å². The van der Waals surface area contributed by atoms with Crippen LogP contribution in [-0.4, -0.2) is 71.6 Å². The standard InChI is InChI=1S/C28H38FN3O4/c1-28(2,33)20-12-23(13-20)36-26-4-3-21(29)14-24(26)18-5-8-31(9-6-18)22-11-19-15-32(25(19)17-34-16-22)27-30-7-10-35-27/h3-4,7,10,14,18-20,22-23,25,33H,5-6,8-9,11-13,15-17H2,1-2H3/t19?,20-,22-,23-,25?/m0/s1. The number of anilines is 1. The summed E-state index contributed by atoms with van der Waals surface area (Å²) in [5, 5.41) is 10.2. The van der Waals surface area contributed by atoms with Crippen molar-refractivity contribution in [2.45, 2.75) is 75.7 Å². The second-order valence-electron chi connectivity index (χ2n) is 11.8. The van der Waals surface area contributed by atoms with Gasteiger partial charge in [0.05, 0.1) is 37.2 Å². The van der Waals surface area contributed by atoms with Gasteiger partial charge in [-0.25, -0.2) is 9.37 Å². The lowest BCUT2D eigenvalue weighted by atomic mass is 9.72. The van der Waals surface area contributed by atoms with Gasteiger partial charge in [0.1, 0.15) is 17.8 Å². The lowest BCUT2D eigenvalue weighted by molar-refractivity contribution is -0.0676. The Labute approximate surface area is 212 Å². The highest BCUT2D eigenvalue weighted by Gasteiger charge is 2.45. The smallest absolute Gasteiger partial charge is 0.297 e. The molecule has 7 nitrogen and oxygen atoms in total. The topological polar surface area (TPSA) is 71.2 Å². The molecule has 1 aliphatic carbocycles. The van der Waals surface area contributed by atoms with Gasteiger partial charge in [-0.3, -0.25) is 4.90 Å². The van der Waals surface area contributed by atoms with Crippen LogP contribution in [0, 0.1) is 17.7 Å². The molecule has 0 amide bonds. The molecule has 4 heterocycles. The normalized spacial score (nSPS) is 31.8. The molecule has 2 unspecified atom stereocenters. The number of benzene rings is 1. The maximum absolute atomic E-state index is 14.3. The van der Waals surface area contributed by atoms with Crippen molar-refractivity contribution in [1.29, 1.82) is 0 Å². The van der Waals surface area contributed by atoms with E-state index in [9.17, 15) is 9.50 Å². The SMILES string of the molecule is CC(C)(O)[C@H]1C[C@H](Oc2ccc(F)cc2C2CCN([C@@H]3COCC4C(C3)CN4c3ncco3)CC2)C1. The van der Waals surface area contributed by atoms with Gasteiger partial charge in [-0.1, -0.05) is 0 Å². The minimum Gasteiger partial charge on any atom is -0.490 e. The van der Waals surface area contributed by atoms with E-state index in [0.29, 0.717) is 29.9 Å². The van der Waals surface area contributed by atoms with Gasteiger partial charge in [-0.2, -0.15) is 0 Å². The first kappa shape index (κ1) is 24.2. The van der Waals surface area contributed by atoms with Crippen molar-refractivity contribution in [2.24, 2.45) is 11.8 Å². The zero-order valence-electron chi connectivity index (χ0n) is 21.3. The fourth-order valence-electron chi connectivity index (χ4n) is 6.60. The molecule has 1 aromatic heterocycles. The molecular formula is C28H38FN3O4. The van der Waals surface area contributed by atoms with Crippen LogP contribution in [0.15, 0.2) is 35.1 Å². The molecule has 0 spiro atoms. The van der Waals surface area contributed by atoms with Gasteiger partial charge < -0.3 is 23.9 Å². The number of oxazole rings is 1. The largest absolute Gasteiger partial charge is 0.490 e. The molecule has 1 N–H and O–H groups in total. The van der Waals surface area contributed by atoms with Crippen molar-refractivity contribution in [3.63, 3.8) is 0 Å². The summed E-state index contributed by atoms with van der Waals surface area (Å²) in [6.07, 6.45) is 8.22. The van der Waals surface area contributed by atoms with E-state index in [2.05, 4.69) is 14.8 Å². The number of hydrogen-bond donors (Lipinski definition) is 1. The molecule has 4 fully saturated rings. The molecule has 3 aliphatic heterocycles. The lowest BCUT2D eigenvalue weighted by Gasteiger charge is -2.47. The molecule has 4 aliphatic rings. The summed E-state index contributed by atoms with van der Waals surface area (Å²) >= 11 is 0. The van der Waals surface area contributed by atoms with E-state index in [1.165, 1.54) is 6.07 Å². The zero-order valence-corrected chi connectivity index (χ0v) is 21.3. The maximum atomic E-state index is 14.3. The van der Waals surface area contributed by atoms with Crippen molar-refractivity contribution < 1.29 is 23.4 Å². The Morgan fingerprint density at radius 1 is 1.14 bits per heavy atom. The lowest BCUT2D eigenvalue weighted by Crippen LogP contribution is -2.59. The van der Waals surface area contributed by atoms with Crippen LogP contribution in [-0.2, 0) is 4.74 Å². The highest BCUT2D eigenvalue weighted by molar-refractivity contribution is 5.38. The third-order valence-corrected chi connectivity index (χ3v) is 9.06. The fourth-order valence-corrected chi connectivity index (χ4v) is 6.60. The van der Waals surface area contributed by atoms with Gasteiger partial charge in [0.25, 0.3) is 6.01 Å². The molecule has 196 valence electrons. The minimum absolute atomic E-state index is 0.0974.